The van der Waals surface area contributed by atoms with Gasteiger partial charge in [0.1, 0.15) is 11.5 Å². The highest BCUT2D eigenvalue weighted by molar-refractivity contribution is 5.86. The summed E-state index contributed by atoms with van der Waals surface area (Å²) in [6, 6.07) is 8.30. The quantitative estimate of drug-likeness (QED) is 0.222. The lowest BCUT2D eigenvalue weighted by Gasteiger charge is -2.27. The van der Waals surface area contributed by atoms with Crippen LogP contribution in [0.5, 0.6) is 11.5 Å². The van der Waals surface area contributed by atoms with Crippen LogP contribution < -0.4 is 0 Å². The minimum atomic E-state index is -0.479. The average molecular weight is 616 g/mol. The predicted molar refractivity (Wildman–Crippen MR) is 190 cm³/mol. The van der Waals surface area contributed by atoms with Gasteiger partial charge in [-0.2, -0.15) is 0 Å². The maximum Gasteiger partial charge on any atom is 0.246 e. The largest absolute Gasteiger partial charge is 0.507 e. The van der Waals surface area contributed by atoms with Crippen LogP contribution in [0.3, 0.4) is 0 Å². The van der Waals surface area contributed by atoms with Crippen molar-refractivity contribution in [2.45, 2.75) is 124 Å². The second-order valence-electron chi connectivity index (χ2n) is 16.0. The van der Waals surface area contributed by atoms with Crippen LogP contribution >= 0.6 is 0 Å². The molecule has 2 heterocycles. The molecule has 6 heteroatoms. The zero-order valence-electron chi connectivity index (χ0n) is 29.6. The Labute approximate surface area is 273 Å². The van der Waals surface area contributed by atoms with Crippen LogP contribution in [-0.2, 0) is 17.3 Å². The Morgan fingerprint density at radius 3 is 2.24 bits per heavy atom. The van der Waals surface area contributed by atoms with Gasteiger partial charge in [-0.3, -0.25) is 19.5 Å². The van der Waals surface area contributed by atoms with Crippen molar-refractivity contribution in [2.24, 2.45) is 9.98 Å². The van der Waals surface area contributed by atoms with Crippen LogP contribution in [0.25, 0.3) is 0 Å². The number of hydrogen-bond donors (Lipinski definition) is 2. The third-order valence-corrected chi connectivity index (χ3v) is 9.23. The first kappa shape index (κ1) is 34.7. The normalized spacial score (nSPS) is 17.0. The Morgan fingerprint density at radius 1 is 0.822 bits per heavy atom. The summed E-state index contributed by atoms with van der Waals surface area (Å²) in [5.74, 6) is 2.18. The molecular weight excluding hydrogens is 556 g/mol. The molecule has 2 aromatic carbocycles. The SMILES string of the molecule is Cc1cc(C=NC(C)(C)CN=Cc2cc(C(C)(C)C)cc(C(C)(C)C)c2O)c(O)c(CCCN2CCC[N+]3=C2CCCCC3)c1. The molecule has 0 amide bonds. The van der Waals surface area contributed by atoms with E-state index in [4.69, 9.17) is 9.98 Å². The lowest BCUT2D eigenvalue weighted by atomic mass is 9.79. The fraction of sp³-hybridized carbons (Fsp3) is 0.615. The molecule has 0 saturated heterocycles. The number of hydrogen-bond acceptors (Lipinski definition) is 5. The molecule has 0 atom stereocenters. The highest BCUT2D eigenvalue weighted by atomic mass is 16.3. The molecule has 6 nitrogen and oxygen atoms in total. The molecular formula is C39H59N4O2+. The molecule has 0 fully saturated rings. The van der Waals surface area contributed by atoms with Crippen molar-refractivity contribution < 1.29 is 14.8 Å². The summed E-state index contributed by atoms with van der Waals surface area (Å²) in [5, 5.41) is 22.4. The van der Waals surface area contributed by atoms with Crippen molar-refractivity contribution in [2.75, 3.05) is 32.7 Å². The van der Waals surface area contributed by atoms with Gasteiger partial charge < -0.3 is 10.2 Å². The summed E-state index contributed by atoms with van der Waals surface area (Å²) >= 11 is 0. The zero-order chi connectivity index (χ0) is 33.0. The number of phenolic OH excluding ortho intramolecular Hbond substituents is 2. The van der Waals surface area contributed by atoms with E-state index >= 15 is 0 Å². The van der Waals surface area contributed by atoms with Gasteiger partial charge in [-0.25, -0.2) is 0 Å². The molecule has 0 aliphatic carbocycles. The van der Waals surface area contributed by atoms with E-state index in [2.05, 4.69) is 70.1 Å². The van der Waals surface area contributed by atoms with Crippen LogP contribution in [0, 0.1) is 6.92 Å². The first-order valence-electron chi connectivity index (χ1n) is 17.2. The summed E-state index contributed by atoms with van der Waals surface area (Å²) in [6.45, 7) is 24.2. The predicted octanol–water partition coefficient (Wildman–Crippen LogP) is 7.94. The van der Waals surface area contributed by atoms with E-state index in [0.29, 0.717) is 18.0 Å². The zero-order valence-corrected chi connectivity index (χ0v) is 29.6. The van der Waals surface area contributed by atoms with Gasteiger partial charge in [-0.15, -0.1) is 0 Å². The van der Waals surface area contributed by atoms with Crippen LogP contribution in [0.4, 0.5) is 0 Å². The molecule has 2 N–H and O–H groups in total. The number of aliphatic imine (C=N–C) groups is 2. The van der Waals surface area contributed by atoms with Gasteiger partial charge in [0.25, 0.3) is 0 Å². The molecule has 246 valence electrons. The van der Waals surface area contributed by atoms with E-state index in [0.717, 1.165) is 53.7 Å². The minimum Gasteiger partial charge on any atom is -0.507 e. The van der Waals surface area contributed by atoms with Crippen molar-refractivity contribution in [1.82, 2.24) is 4.90 Å². The van der Waals surface area contributed by atoms with Crippen molar-refractivity contribution >= 4 is 18.3 Å². The summed E-state index contributed by atoms with van der Waals surface area (Å²) < 4.78 is 2.62. The van der Waals surface area contributed by atoms with Crippen molar-refractivity contribution in [3.8, 4) is 11.5 Å². The average Bonchev–Trinajstić information content (AvgIpc) is 3.20. The first-order valence-corrected chi connectivity index (χ1v) is 17.2. The first-order chi connectivity index (χ1) is 21.0. The van der Waals surface area contributed by atoms with E-state index in [1.54, 1.807) is 18.3 Å². The van der Waals surface area contributed by atoms with Crippen molar-refractivity contribution in [1.29, 1.82) is 0 Å². The molecule has 45 heavy (non-hydrogen) atoms. The maximum absolute atomic E-state index is 11.2. The molecule has 0 saturated carbocycles. The number of benzene rings is 2. The molecule has 2 aromatic rings. The van der Waals surface area contributed by atoms with Gasteiger partial charge in [0.15, 0.2) is 0 Å². The van der Waals surface area contributed by atoms with Crippen LogP contribution in [0.1, 0.15) is 127 Å². The summed E-state index contributed by atoms with van der Waals surface area (Å²) in [7, 11) is 0. The fourth-order valence-corrected chi connectivity index (χ4v) is 6.52. The van der Waals surface area contributed by atoms with E-state index < -0.39 is 5.54 Å². The number of phenols is 2. The number of aromatic hydroxyl groups is 2. The van der Waals surface area contributed by atoms with Crippen molar-refractivity contribution in [3.63, 3.8) is 0 Å². The molecule has 0 bridgehead atoms. The van der Waals surface area contributed by atoms with Gasteiger partial charge in [0.2, 0.25) is 5.84 Å². The summed E-state index contributed by atoms with van der Waals surface area (Å²) in [5.41, 5.74) is 5.02. The number of nitrogens with zero attached hydrogens (tertiary/aromatic N) is 4. The molecule has 2 aliphatic rings. The van der Waals surface area contributed by atoms with Gasteiger partial charge in [0, 0.05) is 42.0 Å². The third-order valence-electron chi connectivity index (χ3n) is 9.23. The molecule has 4 rings (SSSR count). The third kappa shape index (κ3) is 9.20. The molecule has 0 aromatic heterocycles. The monoisotopic (exact) mass is 615 g/mol. The Bertz CT molecular complexity index is 1440. The standard InChI is InChI=1S/C39H58N4O2/c1-28-21-29(15-13-18-43-20-14-19-42-17-12-10-11-16-34(42)43)35(44)30(22-28)26-41-39(8,9)27-40-25-31-23-32(37(2,3)4)24-33(36(31)45)38(5,6)7/h21-26H,10-20,27H2,1-9H3,(H-,40,41,44,45)/p+1. The number of rotatable bonds is 9. The smallest absolute Gasteiger partial charge is 0.246 e. The lowest BCUT2D eigenvalue weighted by molar-refractivity contribution is -0.539. The van der Waals surface area contributed by atoms with Gasteiger partial charge >= 0.3 is 0 Å². The van der Waals surface area contributed by atoms with E-state index in [1.807, 2.05) is 26.0 Å². The Morgan fingerprint density at radius 2 is 1.53 bits per heavy atom. The second kappa shape index (κ2) is 14.1. The van der Waals surface area contributed by atoms with Gasteiger partial charge in [-0.05, 0) is 92.5 Å². The Kier molecular flexibility index (Phi) is 10.9. The lowest BCUT2D eigenvalue weighted by Crippen LogP contribution is -2.44. The highest BCUT2D eigenvalue weighted by Gasteiger charge is 2.28. The fourth-order valence-electron chi connectivity index (χ4n) is 6.52. The summed E-state index contributed by atoms with van der Waals surface area (Å²) in [6.07, 6.45) is 11.9. The van der Waals surface area contributed by atoms with Gasteiger partial charge in [0.05, 0.1) is 38.3 Å². The Balaban J connectivity index is 1.44. The second-order valence-corrected chi connectivity index (χ2v) is 16.0. The van der Waals surface area contributed by atoms with Crippen LogP contribution in [0.2, 0.25) is 0 Å². The van der Waals surface area contributed by atoms with Gasteiger partial charge in [-0.1, -0.05) is 53.7 Å². The maximum atomic E-state index is 11.2. The summed E-state index contributed by atoms with van der Waals surface area (Å²) in [4.78, 5) is 12.2. The number of aryl methyl sites for hydroxylation is 2. The molecule has 0 spiro atoms. The van der Waals surface area contributed by atoms with E-state index in [9.17, 15) is 10.2 Å². The van der Waals surface area contributed by atoms with E-state index in [1.165, 1.54) is 50.8 Å². The molecule has 0 radical (unpaired) electrons. The number of amidine groups is 1. The topological polar surface area (TPSA) is 71.4 Å². The Hall–Kier alpha value is -3.15. The molecule has 2 aliphatic heterocycles. The molecule has 0 unspecified atom stereocenters. The minimum absolute atomic E-state index is 0.0446. The van der Waals surface area contributed by atoms with Crippen LogP contribution in [0.15, 0.2) is 34.3 Å². The van der Waals surface area contributed by atoms with Crippen LogP contribution in [-0.4, -0.2) is 76.2 Å². The highest BCUT2D eigenvalue weighted by Crippen LogP contribution is 2.37. The van der Waals surface area contributed by atoms with E-state index in [-0.39, 0.29) is 10.8 Å². The van der Waals surface area contributed by atoms with Crippen molar-refractivity contribution in [3.05, 3.63) is 57.6 Å².